The van der Waals surface area contributed by atoms with Crippen LogP contribution < -0.4 is 5.73 Å². The summed E-state index contributed by atoms with van der Waals surface area (Å²) in [5.74, 6) is 0. The first-order valence-electron chi connectivity index (χ1n) is 6.34. The summed E-state index contributed by atoms with van der Waals surface area (Å²) in [7, 11) is 0. The summed E-state index contributed by atoms with van der Waals surface area (Å²) in [4.78, 5) is 0. The Balaban J connectivity index is 2.59. The lowest BCUT2D eigenvalue weighted by atomic mass is 10.1. The quantitative estimate of drug-likeness (QED) is 0.853. The average molecular weight is 334 g/mol. The third-order valence-electron chi connectivity index (χ3n) is 3.14. The predicted octanol–water partition coefficient (Wildman–Crippen LogP) is 4.20. The monoisotopic (exact) mass is 332 g/mol. The molecule has 0 amide bonds. The zero-order valence-electron chi connectivity index (χ0n) is 11.2. The van der Waals surface area contributed by atoms with Crippen LogP contribution in [0.15, 0.2) is 12.1 Å². The van der Waals surface area contributed by atoms with Gasteiger partial charge in [0.25, 0.3) is 0 Å². The molecule has 108 valence electrons. The van der Waals surface area contributed by atoms with E-state index in [9.17, 15) is 0 Å². The van der Waals surface area contributed by atoms with Gasteiger partial charge in [0.2, 0.25) is 0 Å². The number of nitrogens with zero attached hydrogens (tertiary/aromatic N) is 3. The minimum atomic E-state index is -0.139. The van der Waals surface area contributed by atoms with Crippen LogP contribution in [0.2, 0.25) is 15.1 Å². The molecule has 20 heavy (non-hydrogen) atoms. The van der Waals surface area contributed by atoms with E-state index in [-0.39, 0.29) is 6.04 Å². The number of nitrogens with two attached hydrogens (primary N) is 1. The molecule has 1 aromatic heterocycles. The van der Waals surface area contributed by atoms with Crippen molar-refractivity contribution >= 4 is 34.8 Å². The van der Waals surface area contributed by atoms with E-state index in [0.717, 1.165) is 24.2 Å². The molecule has 0 saturated carbocycles. The first-order chi connectivity index (χ1) is 9.49. The third kappa shape index (κ3) is 2.79. The zero-order chi connectivity index (χ0) is 14.9. The minimum Gasteiger partial charge on any atom is -0.323 e. The Bertz CT molecular complexity index is 624. The zero-order valence-corrected chi connectivity index (χ0v) is 13.5. The fourth-order valence-electron chi connectivity index (χ4n) is 1.99. The molecule has 7 heteroatoms. The fraction of sp³-hybridized carbons (Fsp3) is 0.385. The average Bonchev–Trinajstić information content (AvgIpc) is 2.85. The number of halogens is 3. The smallest absolute Gasteiger partial charge is 0.103 e. The van der Waals surface area contributed by atoms with Gasteiger partial charge in [-0.3, -0.25) is 0 Å². The summed E-state index contributed by atoms with van der Waals surface area (Å²) < 4.78 is 1.68. The van der Waals surface area contributed by atoms with Crippen LogP contribution in [0.4, 0.5) is 0 Å². The van der Waals surface area contributed by atoms with E-state index < -0.39 is 0 Å². The number of hydrogen-bond acceptors (Lipinski definition) is 3. The van der Waals surface area contributed by atoms with Crippen molar-refractivity contribution in [3.63, 3.8) is 0 Å². The highest BCUT2D eigenvalue weighted by Gasteiger charge is 2.19. The molecule has 0 fully saturated rings. The Kier molecular flexibility index (Phi) is 4.91. The van der Waals surface area contributed by atoms with Gasteiger partial charge in [-0.05, 0) is 25.0 Å². The van der Waals surface area contributed by atoms with Gasteiger partial charge in [-0.15, -0.1) is 5.10 Å². The first kappa shape index (κ1) is 15.6. The standard InChI is InChI=1S/C13H15Cl3N4/c1-3-10(17)13-11(4-2)20(19-18-13)12-6-8(15)7(14)5-9(12)16/h5-6,10H,3-4,17H2,1-2H3. The lowest BCUT2D eigenvalue weighted by Crippen LogP contribution is -2.12. The third-order valence-corrected chi connectivity index (χ3v) is 4.16. The van der Waals surface area contributed by atoms with Gasteiger partial charge >= 0.3 is 0 Å². The molecule has 1 atom stereocenters. The second-order valence-corrected chi connectivity index (χ2v) is 5.64. The van der Waals surface area contributed by atoms with Crippen LogP contribution in [0.3, 0.4) is 0 Å². The molecule has 0 spiro atoms. The lowest BCUT2D eigenvalue weighted by Gasteiger charge is -2.11. The van der Waals surface area contributed by atoms with Gasteiger partial charge in [-0.2, -0.15) is 0 Å². The summed E-state index contributed by atoms with van der Waals surface area (Å²) >= 11 is 18.2. The van der Waals surface area contributed by atoms with Gasteiger partial charge in [0.15, 0.2) is 0 Å². The van der Waals surface area contributed by atoms with Crippen LogP contribution in [0.5, 0.6) is 0 Å². The molecule has 0 aliphatic carbocycles. The summed E-state index contributed by atoms with van der Waals surface area (Å²) in [6.45, 7) is 4.03. The Morgan fingerprint density at radius 2 is 1.80 bits per heavy atom. The summed E-state index contributed by atoms with van der Waals surface area (Å²) in [5.41, 5.74) is 8.43. The summed E-state index contributed by atoms with van der Waals surface area (Å²) in [6, 6.07) is 3.14. The second-order valence-electron chi connectivity index (χ2n) is 4.42. The summed E-state index contributed by atoms with van der Waals surface area (Å²) in [6.07, 6.45) is 1.54. The normalized spacial score (nSPS) is 12.7. The van der Waals surface area contributed by atoms with E-state index >= 15 is 0 Å². The van der Waals surface area contributed by atoms with Crippen LogP contribution in [-0.2, 0) is 6.42 Å². The van der Waals surface area contributed by atoms with Crippen molar-refractivity contribution in [2.75, 3.05) is 0 Å². The van der Waals surface area contributed by atoms with Gasteiger partial charge in [0.05, 0.1) is 32.5 Å². The van der Waals surface area contributed by atoms with Crippen molar-refractivity contribution in [3.8, 4) is 5.69 Å². The Morgan fingerprint density at radius 1 is 1.15 bits per heavy atom. The fourth-order valence-corrected chi connectivity index (χ4v) is 2.61. The van der Waals surface area contributed by atoms with Gasteiger partial charge < -0.3 is 5.73 Å². The predicted molar refractivity (Wildman–Crippen MR) is 83.0 cm³/mol. The lowest BCUT2D eigenvalue weighted by molar-refractivity contribution is 0.665. The van der Waals surface area contributed by atoms with Gasteiger partial charge in [0.1, 0.15) is 5.69 Å². The molecular weight excluding hydrogens is 319 g/mol. The van der Waals surface area contributed by atoms with Crippen molar-refractivity contribution in [2.45, 2.75) is 32.7 Å². The van der Waals surface area contributed by atoms with E-state index in [1.165, 1.54) is 0 Å². The van der Waals surface area contributed by atoms with E-state index in [4.69, 9.17) is 40.5 Å². The molecule has 1 aromatic carbocycles. The van der Waals surface area contributed by atoms with Crippen LogP contribution in [0, 0.1) is 0 Å². The number of aromatic nitrogens is 3. The molecule has 1 heterocycles. The van der Waals surface area contributed by atoms with Crippen molar-refractivity contribution in [2.24, 2.45) is 5.73 Å². The minimum absolute atomic E-state index is 0.139. The van der Waals surface area contributed by atoms with E-state index in [1.54, 1.807) is 16.8 Å². The van der Waals surface area contributed by atoms with Crippen LogP contribution in [0.25, 0.3) is 5.69 Å². The Hall–Kier alpha value is -0.810. The molecule has 0 bridgehead atoms. The molecule has 0 radical (unpaired) electrons. The van der Waals surface area contributed by atoms with Gasteiger partial charge in [0, 0.05) is 0 Å². The molecule has 2 rings (SSSR count). The maximum Gasteiger partial charge on any atom is 0.103 e. The molecule has 0 aliphatic heterocycles. The highest BCUT2D eigenvalue weighted by atomic mass is 35.5. The largest absolute Gasteiger partial charge is 0.323 e. The van der Waals surface area contributed by atoms with E-state index in [0.29, 0.717) is 20.8 Å². The highest BCUT2D eigenvalue weighted by molar-refractivity contribution is 6.43. The Morgan fingerprint density at radius 3 is 2.40 bits per heavy atom. The van der Waals surface area contributed by atoms with Crippen LogP contribution >= 0.6 is 34.8 Å². The highest BCUT2D eigenvalue weighted by Crippen LogP contribution is 2.32. The Labute approximate surface area is 132 Å². The van der Waals surface area contributed by atoms with Gasteiger partial charge in [-0.1, -0.05) is 53.9 Å². The van der Waals surface area contributed by atoms with Crippen molar-refractivity contribution in [1.82, 2.24) is 15.0 Å². The molecular formula is C13H15Cl3N4. The van der Waals surface area contributed by atoms with Crippen LogP contribution in [0.1, 0.15) is 37.7 Å². The summed E-state index contributed by atoms with van der Waals surface area (Å²) in [5, 5.41) is 9.63. The molecule has 0 aliphatic rings. The maximum atomic E-state index is 6.22. The van der Waals surface area contributed by atoms with Crippen molar-refractivity contribution in [1.29, 1.82) is 0 Å². The van der Waals surface area contributed by atoms with Crippen LogP contribution in [-0.4, -0.2) is 15.0 Å². The van der Waals surface area contributed by atoms with Crippen molar-refractivity contribution < 1.29 is 0 Å². The number of rotatable bonds is 4. The SMILES string of the molecule is CCc1c(C(N)CC)nnn1-c1cc(Cl)c(Cl)cc1Cl. The molecule has 4 nitrogen and oxygen atoms in total. The van der Waals surface area contributed by atoms with E-state index in [1.807, 2.05) is 13.8 Å². The number of benzene rings is 1. The number of hydrogen-bond donors (Lipinski definition) is 1. The second kappa shape index (κ2) is 6.31. The molecule has 0 saturated heterocycles. The maximum absolute atomic E-state index is 6.22. The first-order valence-corrected chi connectivity index (χ1v) is 7.47. The molecule has 2 N–H and O–H groups in total. The molecule has 2 aromatic rings. The van der Waals surface area contributed by atoms with E-state index in [2.05, 4.69) is 10.3 Å². The van der Waals surface area contributed by atoms with Gasteiger partial charge in [-0.25, -0.2) is 4.68 Å². The topological polar surface area (TPSA) is 56.7 Å². The molecule has 1 unspecified atom stereocenters. The van der Waals surface area contributed by atoms with Crippen molar-refractivity contribution in [3.05, 3.63) is 38.6 Å².